The molecule has 13 heavy (non-hydrogen) atoms. The van der Waals surface area contributed by atoms with Gasteiger partial charge in [0.1, 0.15) is 5.82 Å². The molecule has 0 N–H and O–H groups in total. The predicted molar refractivity (Wildman–Crippen MR) is 52.7 cm³/mol. The van der Waals surface area contributed by atoms with Crippen molar-refractivity contribution in [2.75, 3.05) is 13.1 Å². The molecule has 1 aliphatic rings. The zero-order valence-corrected chi connectivity index (χ0v) is 8.67. The van der Waals surface area contributed by atoms with Gasteiger partial charge in [0.05, 0.1) is 11.4 Å². The third kappa shape index (κ3) is 1.37. The lowest BCUT2D eigenvalue weighted by atomic mass is 10.2. The topological polar surface area (TPSA) is 21.1 Å². The summed E-state index contributed by atoms with van der Waals surface area (Å²) in [5.41, 5.74) is 2.61. The van der Waals surface area contributed by atoms with Crippen molar-refractivity contribution in [3.8, 4) is 0 Å². The Kier molecular flexibility index (Phi) is 2.12. The van der Waals surface area contributed by atoms with Gasteiger partial charge in [-0.25, -0.2) is 4.98 Å². The maximum absolute atomic E-state index is 4.50. The maximum atomic E-state index is 4.50. The first kappa shape index (κ1) is 8.75. The molecule has 0 unspecified atom stereocenters. The highest BCUT2D eigenvalue weighted by Crippen LogP contribution is 2.17. The molecular formula is C10H17N3. The second-order valence-electron chi connectivity index (χ2n) is 3.71. The van der Waals surface area contributed by atoms with Gasteiger partial charge in [-0.2, -0.15) is 0 Å². The van der Waals surface area contributed by atoms with Crippen LogP contribution in [0.2, 0.25) is 0 Å². The molecule has 1 aliphatic heterocycles. The molecule has 1 aromatic heterocycles. The molecule has 0 saturated carbocycles. The van der Waals surface area contributed by atoms with E-state index in [0.717, 1.165) is 19.6 Å². The molecule has 0 bridgehead atoms. The van der Waals surface area contributed by atoms with E-state index in [1.165, 1.54) is 23.8 Å². The molecule has 0 aromatic carbocycles. The maximum Gasteiger partial charge on any atom is 0.106 e. The lowest BCUT2D eigenvalue weighted by molar-refractivity contribution is 0.230. The minimum absolute atomic E-state index is 1.07. The Morgan fingerprint density at radius 3 is 2.77 bits per heavy atom. The summed E-state index contributed by atoms with van der Waals surface area (Å²) in [6, 6.07) is 0. The molecular weight excluding hydrogens is 162 g/mol. The van der Waals surface area contributed by atoms with E-state index in [1.54, 1.807) is 0 Å². The standard InChI is InChI=1S/C10H17N3/c1-4-12-5-6-13-9(3)11-8(2)10(13)7-12/h4-7H2,1-3H3. The van der Waals surface area contributed by atoms with Gasteiger partial charge in [-0.3, -0.25) is 4.90 Å². The van der Waals surface area contributed by atoms with Gasteiger partial charge in [0.25, 0.3) is 0 Å². The Hall–Kier alpha value is -0.830. The summed E-state index contributed by atoms with van der Waals surface area (Å²) in [4.78, 5) is 6.96. The first-order valence-electron chi connectivity index (χ1n) is 4.97. The van der Waals surface area contributed by atoms with Crippen molar-refractivity contribution in [3.05, 3.63) is 17.2 Å². The van der Waals surface area contributed by atoms with Crippen LogP contribution in [0.5, 0.6) is 0 Å². The number of nitrogens with zero attached hydrogens (tertiary/aromatic N) is 3. The average Bonchev–Trinajstić information content (AvgIpc) is 2.42. The van der Waals surface area contributed by atoms with E-state index in [9.17, 15) is 0 Å². The van der Waals surface area contributed by atoms with E-state index in [1.807, 2.05) is 0 Å². The molecule has 3 heteroatoms. The Bertz CT molecular complexity index is 314. The van der Waals surface area contributed by atoms with E-state index < -0.39 is 0 Å². The summed E-state index contributed by atoms with van der Waals surface area (Å²) in [6.07, 6.45) is 0. The molecule has 0 atom stereocenters. The Labute approximate surface area is 79.4 Å². The van der Waals surface area contributed by atoms with Gasteiger partial charge in [0.2, 0.25) is 0 Å². The van der Waals surface area contributed by atoms with Gasteiger partial charge < -0.3 is 4.57 Å². The molecule has 0 radical (unpaired) electrons. The molecule has 3 nitrogen and oxygen atoms in total. The summed E-state index contributed by atoms with van der Waals surface area (Å²) in [5.74, 6) is 1.17. The molecule has 2 rings (SSSR count). The number of aryl methyl sites for hydroxylation is 2. The van der Waals surface area contributed by atoms with Crippen LogP contribution in [0.15, 0.2) is 0 Å². The molecule has 1 aromatic rings. The first-order chi connectivity index (χ1) is 6.22. The van der Waals surface area contributed by atoms with Crippen LogP contribution < -0.4 is 0 Å². The third-order valence-corrected chi connectivity index (χ3v) is 2.92. The van der Waals surface area contributed by atoms with Crippen molar-refractivity contribution in [3.63, 3.8) is 0 Å². The number of rotatable bonds is 1. The highest BCUT2D eigenvalue weighted by Gasteiger charge is 2.18. The van der Waals surface area contributed by atoms with Crippen LogP contribution in [0, 0.1) is 13.8 Å². The van der Waals surface area contributed by atoms with Gasteiger partial charge in [-0.15, -0.1) is 0 Å². The number of imidazole rings is 1. The van der Waals surface area contributed by atoms with E-state index in [0.29, 0.717) is 0 Å². The predicted octanol–water partition coefficient (Wildman–Crippen LogP) is 1.34. The summed E-state index contributed by atoms with van der Waals surface area (Å²) in [7, 11) is 0. The number of likely N-dealkylation sites (N-methyl/N-ethyl adjacent to an activating group) is 1. The molecule has 0 saturated heterocycles. The number of hydrogen-bond donors (Lipinski definition) is 0. The van der Waals surface area contributed by atoms with Gasteiger partial charge >= 0.3 is 0 Å². The lowest BCUT2D eigenvalue weighted by Crippen LogP contribution is -2.33. The van der Waals surface area contributed by atoms with Crippen LogP contribution in [0.4, 0.5) is 0 Å². The summed E-state index contributed by atoms with van der Waals surface area (Å²) < 4.78 is 2.35. The van der Waals surface area contributed by atoms with Gasteiger partial charge in [-0.1, -0.05) is 6.92 Å². The second kappa shape index (κ2) is 3.14. The Morgan fingerprint density at radius 1 is 1.31 bits per heavy atom. The van der Waals surface area contributed by atoms with E-state index in [-0.39, 0.29) is 0 Å². The van der Waals surface area contributed by atoms with Crippen LogP contribution in [-0.2, 0) is 13.1 Å². The first-order valence-corrected chi connectivity index (χ1v) is 4.97. The van der Waals surface area contributed by atoms with Crippen molar-refractivity contribution in [1.82, 2.24) is 14.5 Å². The largest absolute Gasteiger partial charge is 0.330 e. The number of aromatic nitrogens is 2. The van der Waals surface area contributed by atoms with Crippen molar-refractivity contribution in [2.24, 2.45) is 0 Å². The van der Waals surface area contributed by atoms with Crippen molar-refractivity contribution in [2.45, 2.75) is 33.9 Å². The van der Waals surface area contributed by atoms with Gasteiger partial charge in [0, 0.05) is 19.6 Å². The molecule has 2 heterocycles. The fraction of sp³-hybridized carbons (Fsp3) is 0.700. The molecule has 72 valence electrons. The molecule has 0 aliphatic carbocycles. The zero-order chi connectivity index (χ0) is 9.42. The number of hydrogen-bond acceptors (Lipinski definition) is 2. The monoisotopic (exact) mass is 179 g/mol. The Balaban J connectivity index is 2.33. The van der Waals surface area contributed by atoms with Crippen LogP contribution in [0.1, 0.15) is 24.1 Å². The summed E-state index contributed by atoms with van der Waals surface area (Å²) in [5, 5.41) is 0. The van der Waals surface area contributed by atoms with Crippen molar-refractivity contribution < 1.29 is 0 Å². The van der Waals surface area contributed by atoms with E-state index in [2.05, 4.69) is 35.2 Å². The van der Waals surface area contributed by atoms with Gasteiger partial charge in [-0.05, 0) is 20.4 Å². The number of fused-ring (bicyclic) bond motifs is 1. The third-order valence-electron chi connectivity index (χ3n) is 2.92. The highest BCUT2D eigenvalue weighted by molar-refractivity contribution is 5.16. The van der Waals surface area contributed by atoms with Crippen LogP contribution in [-0.4, -0.2) is 27.5 Å². The molecule has 0 fully saturated rings. The van der Waals surface area contributed by atoms with Gasteiger partial charge in [0.15, 0.2) is 0 Å². The van der Waals surface area contributed by atoms with Crippen LogP contribution in [0.3, 0.4) is 0 Å². The minimum Gasteiger partial charge on any atom is -0.330 e. The highest BCUT2D eigenvalue weighted by atomic mass is 15.2. The summed E-state index contributed by atoms with van der Waals surface area (Å²) >= 11 is 0. The fourth-order valence-electron chi connectivity index (χ4n) is 2.06. The molecule has 0 spiro atoms. The van der Waals surface area contributed by atoms with E-state index in [4.69, 9.17) is 0 Å². The van der Waals surface area contributed by atoms with Crippen LogP contribution >= 0.6 is 0 Å². The molecule has 0 amide bonds. The lowest BCUT2D eigenvalue weighted by Gasteiger charge is -2.27. The normalized spacial score (nSPS) is 17.5. The fourth-order valence-corrected chi connectivity index (χ4v) is 2.06. The van der Waals surface area contributed by atoms with Crippen molar-refractivity contribution >= 4 is 0 Å². The zero-order valence-electron chi connectivity index (χ0n) is 8.67. The van der Waals surface area contributed by atoms with E-state index >= 15 is 0 Å². The smallest absolute Gasteiger partial charge is 0.106 e. The SMILES string of the molecule is CCN1CCn2c(C)nc(C)c2C1. The van der Waals surface area contributed by atoms with Crippen molar-refractivity contribution in [1.29, 1.82) is 0 Å². The van der Waals surface area contributed by atoms with Crippen LogP contribution in [0.25, 0.3) is 0 Å². The quantitative estimate of drug-likeness (QED) is 0.648. The summed E-state index contributed by atoms with van der Waals surface area (Å²) in [6.45, 7) is 10.9. The Morgan fingerprint density at radius 2 is 2.08 bits per heavy atom. The second-order valence-corrected chi connectivity index (χ2v) is 3.71. The minimum atomic E-state index is 1.07. The average molecular weight is 179 g/mol.